The van der Waals surface area contributed by atoms with E-state index in [4.69, 9.17) is 17.4 Å². The third kappa shape index (κ3) is 4.53. The first kappa shape index (κ1) is 17.1. The van der Waals surface area contributed by atoms with Crippen molar-refractivity contribution in [2.75, 3.05) is 0 Å². The smallest absolute Gasteiger partial charge is 0.271 e. The van der Waals surface area contributed by atoms with Crippen LogP contribution in [0.15, 0.2) is 24.3 Å². The normalized spacial score (nSPS) is 14.7. The van der Waals surface area contributed by atoms with Crippen LogP contribution in [-0.4, -0.2) is 18.4 Å². The predicted octanol–water partition coefficient (Wildman–Crippen LogP) is 3.46. The van der Waals surface area contributed by atoms with Crippen LogP contribution in [-0.2, 0) is 6.42 Å². The Bertz CT molecular complexity index is 414. The number of nitrogens with two attached hydrogens (primary N) is 1. The monoisotopic (exact) mass is 320 g/mol. The van der Waals surface area contributed by atoms with Gasteiger partial charge in [-0.05, 0) is 24.1 Å². The SMILES string of the molecule is NNC(Cc1ccc(Cl)cc1)C(C(F)(F)F)C(F)(F)F. The van der Waals surface area contributed by atoms with Crippen LogP contribution in [0.5, 0.6) is 0 Å². The van der Waals surface area contributed by atoms with Crippen LogP contribution in [0.1, 0.15) is 5.56 Å². The van der Waals surface area contributed by atoms with E-state index in [-0.39, 0.29) is 5.56 Å². The Morgan fingerprint density at radius 3 is 1.80 bits per heavy atom. The molecule has 0 aliphatic carbocycles. The highest BCUT2D eigenvalue weighted by Crippen LogP contribution is 2.41. The lowest BCUT2D eigenvalue weighted by atomic mass is 9.93. The summed E-state index contributed by atoms with van der Waals surface area (Å²) in [4.78, 5) is 0. The van der Waals surface area contributed by atoms with Crippen molar-refractivity contribution < 1.29 is 26.3 Å². The Kier molecular flexibility index (Phi) is 5.28. The molecule has 0 bridgehead atoms. The molecule has 114 valence electrons. The van der Waals surface area contributed by atoms with Crippen LogP contribution >= 0.6 is 11.6 Å². The highest BCUT2D eigenvalue weighted by molar-refractivity contribution is 6.30. The standard InChI is InChI=1S/C11H11ClF6N2/c12-7-3-1-6(2-4-7)5-8(20-19)9(10(13,14)15)11(16,17)18/h1-4,8-9,20H,5,19H2. The van der Waals surface area contributed by atoms with E-state index >= 15 is 0 Å². The molecular formula is C11H11ClF6N2. The van der Waals surface area contributed by atoms with E-state index in [1.165, 1.54) is 24.3 Å². The zero-order valence-corrected chi connectivity index (χ0v) is 10.7. The summed E-state index contributed by atoms with van der Waals surface area (Å²) in [7, 11) is 0. The van der Waals surface area contributed by atoms with Crippen molar-refractivity contribution in [2.45, 2.75) is 24.8 Å². The summed E-state index contributed by atoms with van der Waals surface area (Å²) in [5, 5.41) is 0.328. The number of hydrogen-bond donors (Lipinski definition) is 2. The van der Waals surface area contributed by atoms with Gasteiger partial charge in [0.25, 0.3) is 0 Å². The van der Waals surface area contributed by atoms with Crippen LogP contribution in [0.4, 0.5) is 26.3 Å². The molecule has 0 spiro atoms. The zero-order chi connectivity index (χ0) is 15.6. The fraction of sp³-hybridized carbons (Fsp3) is 0.455. The van der Waals surface area contributed by atoms with Gasteiger partial charge in [0.15, 0.2) is 5.92 Å². The topological polar surface area (TPSA) is 38.0 Å². The number of alkyl halides is 6. The van der Waals surface area contributed by atoms with Crippen molar-refractivity contribution in [3.63, 3.8) is 0 Å². The van der Waals surface area contributed by atoms with Gasteiger partial charge in [0.05, 0.1) is 0 Å². The third-order valence-corrected chi connectivity index (χ3v) is 2.94. The summed E-state index contributed by atoms with van der Waals surface area (Å²) < 4.78 is 75.5. The lowest BCUT2D eigenvalue weighted by Gasteiger charge is -2.30. The minimum atomic E-state index is -5.44. The lowest BCUT2D eigenvalue weighted by molar-refractivity contribution is -0.291. The molecule has 0 radical (unpaired) electrons. The second-order valence-electron chi connectivity index (χ2n) is 4.16. The second-order valence-corrected chi connectivity index (χ2v) is 4.60. The van der Waals surface area contributed by atoms with Crippen LogP contribution < -0.4 is 11.3 Å². The summed E-state index contributed by atoms with van der Waals surface area (Å²) in [6, 6.07) is 3.42. The fourth-order valence-corrected chi connectivity index (χ4v) is 1.92. The fourth-order valence-electron chi connectivity index (χ4n) is 1.79. The summed E-state index contributed by atoms with van der Waals surface area (Å²) >= 11 is 5.59. The van der Waals surface area contributed by atoms with Gasteiger partial charge in [-0.15, -0.1) is 0 Å². The highest BCUT2D eigenvalue weighted by atomic mass is 35.5. The maximum absolute atomic E-state index is 12.6. The first-order valence-corrected chi connectivity index (χ1v) is 5.77. The molecule has 3 N–H and O–H groups in total. The van der Waals surface area contributed by atoms with E-state index in [1.54, 1.807) is 5.43 Å². The molecule has 0 fully saturated rings. The molecule has 9 heteroatoms. The maximum Gasteiger partial charge on any atom is 0.402 e. The van der Waals surface area contributed by atoms with Crippen molar-refractivity contribution in [1.29, 1.82) is 0 Å². The molecule has 0 saturated carbocycles. The number of rotatable bonds is 4. The molecule has 0 amide bonds. The van der Waals surface area contributed by atoms with Gasteiger partial charge in [-0.25, -0.2) is 0 Å². The average Bonchev–Trinajstić information content (AvgIpc) is 2.27. The van der Waals surface area contributed by atoms with Gasteiger partial charge in [0, 0.05) is 11.1 Å². The first-order valence-electron chi connectivity index (χ1n) is 5.39. The zero-order valence-electron chi connectivity index (χ0n) is 9.89. The average molecular weight is 321 g/mol. The molecule has 0 heterocycles. The Balaban J connectivity index is 3.00. The number of benzene rings is 1. The van der Waals surface area contributed by atoms with Gasteiger partial charge >= 0.3 is 12.4 Å². The molecule has 0 aliphatic heterocycles. The number of halogens is 7. The second kappa shape index (κ2) is 6.19. The molecule has 2 nitrogen and oxygen atoms in total. The van der Waals surface area contributed by atoms with Crippen molar-refractivity contribution in [2.24, 2.45) is 11.8 Å². The van der Waals surface area contributed by atoms with Crippen LogP contribution in [0.2, 0.25) is 5.02 Å². The highest BCUT2D eigenvalue weighted by Gasteiger charge is 2.59. The summed E-state index contributed by atoms with van der Waals surface area (Å²) in [6.07, 6.45) is -11.4. The van der Waals surface area contributed by atoms with Crippen molar-refractivity contribution >= 4 is 11.6 Å². The van der Waals surface area contributed by atoms with E-state index in [0.717, 1.165) is 0 Å². The van der Waals surface area contributed by atoms with E-state index in [9.17, 15) is 26.3 Å². The number of hydrazine groups is 1. The van der Waals surface area contributed by atoms with Gasteiger partial charge in [0.1, 0.15) is 0 Å². The molecule has 20 heavy (non-hydrogen) atoms. The minimum absolute atomic E-state index is 0.260. The van der Waals surface area contributed by atoms with Crippen molar-refractivity contribution in [1.82, 2.24) is 5.43 Å². The first-order chi connectivity index (χ1) is 9.05. The molecule has 0 aromatic heterocycles. The van der Waals surface area contributed by atoms with Gasteiger partial charge in [-0.1, -0.05) is 23.7 Å². The molecule has 1 atom stereocenters. The Hall–Kier alpha value is -0.990. The number of hydrogen-bond acceptors (Lipinski definition) is 2. The van der Waals surface area contributed by atoms with E-state index in [0.29, 0.717) is 5.02 Å². The van der Waals surface area contributed by atoms with Crippen LogP contribution in [0, 0.1) is 5.92 Å². The molecule has 1 aromatic carbocycles. The third-order valence-electron chi connectivity index (χ3n) is 2.69. The molecule has 0 saturated heterocycles. The maximum atomic E-state index is 12.6. The number of nitrogens with one attached hydrogen (secondary N) is 1. The molecule has 1 aromatic rings. The van der Waals surface area contributed by atoms with Crippen LogP contribution in [0.3, 0.4) is 0 Å². The minimum Gasteiger partial charge on any atom is -0.271 e. The summed E-state index contributed by atoms with van der Waals surface area (Å²) in [5.41, 5.74) is 1.87. The molecular weight excluding hydrogens is 310 g/mol. The lowest BCUT2D eigenvalue weighted by Crippen LogP contribution is -2.54. The summed E-state index contributed by atoms with van der Waals surface area (Å²) in [6.45, 7) is 0. The van der Waals surface area contributed by atoms with Gasteiger partial charge in [0.2, 0.25) is 0 Å². The van der Waals surface area contributed by atoms with Crippen LogP contribution in [0.25, 0.3) is 0 Å². The Morgan fingerprint density at radius 1 is 1.00 bits per heavy atom. The summed E-state index contributed by atoms with van der Waals surface area (Å²) in [5.74, 6) is 1.32. The van der Waals surface area contributed by atoms with Gasteiger partial charge in [-0.2, -0.15) is 26.3 Å². The predicted molar refractivity (Wildman–Crippen MR) is 61.9 cm³/mol. The quantitative estimate of drug-likeness (QED) is 0.506. The van der Waals surface area contributed by atoms with Gasteiger partial charge < -0.3 is 0 Å². The van der Waals surface area contributed by atoms with E-state index in [2.05, 4.69) is 0 Å². The molecule has 0 aliphatic rings. The van der Waals surface area contributed by atoms with E-state index < -0.39 is 30.7 Å². The van der Waals surface area contributed by atoms with E-state index in [1.807, 2.05) is 0 Å². The Morgan fingerprint density at radius 2 is 1.45 bits per heavy atom. The molecule has 1 rings (SSSR count). The largest absolute Gasteiger partial charge is 0.402 e. The van der Waals surface area contributed by atoms with Gasteiger partial charge in [-0.3, -0.25) is 11.3 Å². The molecule has 1 unspecified atom stereocenters. The van der Waals surface area contributed by atoms with Crippen molar-refractivity contribution in [3.05, 3.63) is 34.9 Å². The Labute approximate surface area is 115 Å². The van der Waals surface area contributed by atoms with Crippen molar-refractivity contribution in [3.8, 4) is 0 Å².